The highest BCUT2D eigenvalue weighted by Gasteiger charge is 2.05. The lowest BCUT2D eigenvalue weighted by atomic mass is 10.1. The van der Waals surface area contributed by atoms with E-state index in [0.29, 0.717) is 12.2 Å². The molecule has 0 bridgehead atoms. The predicted molar refractivity (Wildman–Crippen MR) is 89.3 cm³/mol. The Morgan fingerprint density at radius 3 is 2.30 bits per heavy atom. The van der Waals surface area contributed by atoms with Gasteiger partial charge in [0.15, 0.2) is 0 Å². The summed E-state index contributed by atoms with van der Waals surface area (Å²) in [6.07, 6.45) is 4.00. The van der Waals surface area contributed by atoms with Crippen LogP contribution in [0.2, 0.25) is 0 Å². The van der Waals surface area contributed by atoms with Crippen LogP contribution in [0.15, 0.2) is 67.0 Å². The largest absolute Gasteiger partial charge is 0.494 e. The predicted octanol–water partition coefficient (Wildman–Crippen LogP) is 4.24. The molecule has 4 nitrogen and oxygen atoms in total. The lowest BCUT2D eigenvalue weighted by Crippen LogP contribution is -1.94. The second-order valence-corrected chi connectivity index (χ2v) is 5.12. The molecule has 0 aliphatic rings. The first-order valence-electron chi connectivity index (χ1n) is 7.42. The number of carbonyl (C=O) groups is 1. The number of aromatic nitrogens is 1. The molecule has 0 saturated heterocycles. The molecular formula is C19H17NO3. The fourth-order valence-corrected chi connectivity index (χ4v) is 2.41. The number of carboxylic acid groups (broad SMARTS) is 1. The van der Waals surface area contributed by atoms with Crippen molar-refractivity contribution < 1.29 is 14.6 Å². The summed E-state index contributed by atoms with van der Waals surface area (Å²) in [6.45, 7) is 2.61. The lowest BCUT2D eigenvalue weighted by molar-refractivity contribution is 0.0697. The Labute approximate surface area is 134 Å². The Balaban J connectivity index is 1.83. The van der Waals surface area contributed by atoms with Crippen LogP contribution < -0.4 is 4.74 Å². The molecule has 1 N–H and O–H groups in total. The number of rotatable bonds is 5. The SMILES string of the molecule is CCOc1ccc(-n2ccc(-c3ccc(C(=O)O)cc3)c2)cc1. The van der Waals surface area contributed by atoms with Crippen LogP contribution in [-0.4, -0.2) is 22.2 Å². The summed E-state index contributed by atoms with van der Waals surface area (Å²) in [4.78, 5) is 10.9. The second-order valence-electron chi connectivity index (χ2n) is 5.12. The van der Waals surface area contributed by atoms with Crippen LogP contribution in [-0.2, 0) is 0 Å². The molecule has 0 fully saturated rings. The Bertz CT molecular complexity index is 801. The number of hydrogen-bond acceptors (Lipinski definition) is 2. The smallest absolute Gasteiger partial charge is 0.335 e. The molecule has 4 heteroatoms. The van der Waals surface area contributed by atoms with Crippen LogP contribution in [0.3, 0.4) is 0 Å². The quantitative estimate of drug-likeness (QED) is 0.767. The highest BCUT2D eigenvalue weighted by atomic mass is 16.5. The van der Waals surface area contributed by atoms with Gasteiger partial charge in [-0.25, -0.2) is 4.79 Å². The topological polar surface area (TPSA) is 51.5 Å². The van der Waals surface area contributed by atoms with Gasteiger partial charge in [0.2, 0.25) is 0 Å². The van der Waals surface area contributed by atoms with Gasteiger partial charge in [0.25, 0.3) is 0 Å². The maximum absolute atomic E-state index is 10.9. The average Bonchev–Trinajstić information content (AvgIpc) is 3.06. The first kappa shape index (κ1) is 14.9. The number of benzene rings is 2. The number of aromatic carboxylic acids is 1. The standard InChI is InChI=1S/C19H17NO3/c1-2-23-18-9-7-17(8-10-18)20-12-11-16(13-20)14-3-5-15(6-4-14)19(21)22/h3-13H,2H2,1H3,(H,21,22). The van der Waals surface area contributed by atoms with Gasteiger partial charge in [-0.15, -0.1) is 0 Å². The first-order chi connectivity index (χ1) is 11.2. The molecule has 0 atom stereocenters. The van der Waals surface area contributed by atoms with E-state index in [1.54, 1.807) is 12.1 Å². The molecule has 3 aromatic rings. The summed E-state index contributed by atoms with van der Waals surface area (Å²) in [5.41, 5.74) is 3.36. The third-order valence-corrected chi connectivity index (χ3v) is 3.60. The Hall–Kier alpha value is -3.01. The minimum atomic E-state index is -0.913. The molecule has 0 spiro atoms. The van der Waals surface area contributed by atoms with E-state index >= 15 is 0 Å². The van der Waals surface area contributed by atoms with E-state index in [4.69, 9.17) is 9.84 Å². The fraction of sp³-hybridized carbons (Fsp3) is 0.105. The van der Waals surface area contributed by atoms with Crippen molar-refractivity contribution in [1.29, 1.82) is 0 Å². The Morgan fingerprint density at radius 2 is 1.70 bits per heavy atom. The van der Waals surface area contributed by atoms with E-state index < -0.39 is 5.97 Å². The zero-order chi connectivity index (χ0) is 16.2. The van der Waals surface area contributed by atoms with Gasteiger partial charge < -0.3 is 14.4 Å². The molecule has 1 heterocycles. The molecule has 2 aromatic carbocycles. The van der Waals surface area contributed by atoms with E-state index in [9.17, 15) is 4.79 Å². The zero-order valence-electron chi connectivity index (χ0n) is 12.8. The van der Waals surface area contributed by atoms with Crippen molar-refractivity contribution in [3.8, 4) is 22.6 Å². The molecule has 0 aliphatic carbocycles. The summed E-state index contributed by atoms with van der Waals surface area (Å²) in [5.74, 6) is -0.0589. The fourth-order valence-electron chi connectivity index (χ4n) is 2.41. The van der Waals surface area contributed by atoms with Gasteiger partial charge in [-0.1, -0.05) is 12.1 Å². The maximum atomic E-state index is 10.9. The van der Waals surface area contributed by atoms with E-state index in [1.165, 1.54) is 0 Å². The van der Waals surface area contributed by atoms with Gasteiger partial charge in [0, 0.05) is 18.1 Å². The summed E-state index contributed by atoms with van der Waals surface area (Å²) < 4.78 is 7.47. The van der Waals surface area contributed by atoms with Crippen molar-refractivity contribution in [2.45, 2.75) is 6.92 Å². The van der Waals surface area contributed by atoms with E-state index in [2.05, 4.69) is 0 Å². The van der Waals surface area contributed by atoms with Crippen LogP contribution in [0.25, 0.3) is 16.8 Å². The summed E-state index contributed by atoms with van der Waals surface area (Å²) in [7, 11) is 0. The van der Waals surface area contributed by atoms with Crippen LogP contribution >= 0.6 is 0 Å². The molecule has 0 amide bonds. The minimum absolute atomic E-state index is 0.291. The Morgan fingerprint density at radius 1 is 1.00 bits per heavy atom. The van der Waals surface area contributed by atoms with E-state index in [-0.39, 0.29) is 0 Å². The Kier molecular flexibility index (Phi) is 4.15. The number of nitrogens with zero attached hydrogens (tertiary/aromatic N) is 1. The van der Waals surface area contributed by atoms with Gasteiger partial charge in [-0.05, 0) is 60.5 Å². The van der Waals surface area contributed by atoms with Gasteiger partial charge in [0.1, 0.15) is 5.75 Å². The molecule has 0 radical (unpaired) electrons. The van der Waals surface area contributed by atoms with Gasteiger partial charge >= 0.3 is 5.97 Å². The molecule has 0 saturated carbocycles. The van der Waals surface area contributed by atoms with Crippen LogP contribution in [0.4, 0.5) is 0 Å². The third kappa shape index (κ3) is 3.26. The highest BCUT2D eigenvalue weighted by Crippen LogP contribution is 2.23. The zero-order valence-corrected chi connectivity index (χ0v) is 12.8. The number of hydrogen-bond donors (Lipinski definition) is 1. The maximum Gasteiger partial charge on any atom is 0.335 e. The summed E-state index contributed by atoms with van der Waals surface area (Å²) >= 11 is 0. The van der Waals surface area contributed by atoms with E-state index in [1.807, 2.05) is 66.3 Å². The van der Waals surface area contributed by atoms with Crippen molar-refractivity contribution in [3.63, 3.8) is 0 Å². The lowest BCUT2D eigenvalue weighted by Gasteiger charge is -2.06. The normalized spacial score (nSPS) is 10.5. The number of ether oxygens (including phenoxy) is 1. The van der Waals surface area contributed by atoms with Gasteiger partial charge in [-0.2, -0.15) is 0 Å². The van der Waals surface area contributed by atoms with Crippen molar-refractivity contribution in [2.75, 3.05) is 6.61 Å². The van der Waals surface area contributed by atoms with Crippen molar-refractivity contribution in [3.05, 3.63) is 72.6 Å². The molecular weight excluding hydrogens is 290 g/mol. The minimum Gasteiger partial charge on any atom is -0.494 e. The third-order valence-electron chi connectivity index (χ3n) is 3.60. The van der Waals surface area contributed by atoms with Crippen LogP contribution in [0.5, 0.6) is 5.75 Å². The molecule has 3 rings (SSSR count). The second kappa shape index (κ2) is 6.40. The van der Waals surface area contributed by atoms with Crippen molar-refractivity contribution >= 4 is 5.97 Å². The van der Waals surface area contributed by atoms with Crippen LogP contribution in [0.1, 0.15) is 17.3 Å². The molecule has 116 valence electrons. The first-order valence-corrected chi connectivity index (χ1v) is 7.42. The van der Waals surface area contributed by atoms with Gasteiger partial charge in [0.05, 0.1) is 12.2 Å². The molecule has 23 heavy (non-hydrogen) atoms. The molecule has 0 aliphatic heterocycles. The molecule has 0 unspecified atom stereocenters. The summed E-state index contributed by atoms with van der Waals surface area (Å²) in [5, 5.41) is 8.95. The van der Waals surface area contributed by atoms with Crippen molar-refractivity contribution in [1.82, 2.24) is 4.57 Å². The van der Waals surface area contributed by atoms with Gasteiger partial charge in [-0.3, -0.25) is 0 Å². The average molecular weight is 307 g/mol. The summed E-state index contributed by atoms with van der Waals surface area (Å²) in [6, 6.07) is 16.8. The number of carboxylic acids is 1. The molecule has 1 aromatic heterocycles. The van der Waals surface area contributed by atoms with Crippen molar-refractivity contribution in [2.24, 2.45) is 0 Å². The highest BCUT2D eigenvalue weighted by molar-refractivity contribution is 5.88. The van der Waals surface area contributed by atoms with E-state index in [0.717, 1.165) is 22.6 Å². The van der Waals surface area contributed by atoms with Crippen LogP contribution in [0, 0.1) is 0 Å². The monoisotopic (exact) mass is 307 g/mol.